The molecule has 1 aliphatic heterocycles. The SMILES string of the molecule is CCC1(CC)CC(=O)c2cc(-c3nc(-c4ccncc4N)co3)ccc2O1. The number of ether oxygens (including phenoxy) is 1. The van der Waals surface area contributed by atoms with Gasteiger partial charge >= 0.3 is 0 Å². The number of ketones is 1. The number of carbonyl (C=O) groups excluding carboxylic acids is 1. The third-order valence-electron chi connectivity index (χ3n) is 5.26. The highest BCUT2D eigenvalue weighted by Gasteiger charge is 2.37. The van der Waals surface area contributed by atoms with Crippen molar-refractivity contribution >= 4 is 11.5 Å². The molecule has 0 aliphatic carbocycles. The molecule has 4 rings (SSSR count). The highest BCUT2D eigenvalue weighted by Crippen LogP contribution is 2.39. The molecule has 0 saturated heterocycles. The van der Waals surface area contributed by atoms with Crippen LogP contribution in [0, 0.1) is 0 Å². The molecule has 1 aliphatic rings. The summed E-state index contributed by atoms with van der Waals surface area (Å²) in [4.78, 5) is 21.2. The number of rotatable bonds is 4. The Morgan fingerprint density at radius 3 is 2.74 bits per heavy atom. The van der Waals surface area contributed by atoms with E-state index in [1.807, 2.05) is 12.1 Å². The second-order valence-corrected chi connectivity index (χ2v) is 6.80. The Morgan fingerprint density at radius 1 is 1.19 bits per heavy atom. The number of Topliss-reactive ketones (excluding diaryl/α,β-unsaturated/α-hetero) is 1. The number of nitrogen functional groups attached to an aromatic ring is 1. The van der Waals surface area contributed by atoms with E-state index in [-0.39, 0.29) is 5.78 Å². The van der Waals surface area contributed by atoms with Gasteiger partial charge < -0.3 is 14.9 Å². The predicted octanol–water partition coefficient (Wildman–Crippen LogP) is 4.51. The van der Waals surface area contributed by atoms with E-state index in [1.54, 1.807) is 30.8 Å². The third-order valence-corrected chi connectivity index (χ3v) is 5.26. The molecular weight excluding hydrogens is 342 g/mol. The van der Waals surface area contributed by atoms with E-state index >= 15 is 0 Å². The summed E-state index contributed by atoms with van der Waals surface area (Å²) in [6.07, 6.45) is 6.77. The zero-order valence-electron chi connectivity index (χ0n) is 15.4. The first-order chi connectivity index (χ1) is 13.0. The Labute approximate surface area is 157 Å². The molecule has 2 aromatic heterocycles. The third kappa shape index (κ3) is 2.97. The van der Waals surface area contributed by atoms with Crippen molar-refractivity contribution in [2.24, 2.45) is 0 Å². The van der Waals surface area contributed by atoms with Gasteiger partial charge in [0, 0.05) is 17.3 Å². The maximum absolute atomic E-state index is 12.7. The molecule has 0 fully saturated rings. The maximum Gasteiger partial charge on any atom is 0.226 e. The fraction of sp³-hybridized carbons (Fsp3) is 0.286. The largest absolute Gasteiger partial charge is 0.486 e. The molecule has 0 saturated carbocycles. The molecular formula is C21H21N3O3. The van der Waals surface area contributed by atoms with Crippen LogP contribution in [0.3, 0.4) is 0 Å². The van der Waals surface area contributed by atoms with Crippen LogP contribution in [-0.2, 0) is 0 Å². The van der Waals surface area contributed by atoms with Gasteiger partial charge in [0.1, 0.15) is 23.3 Å². The molecule has 3 heterocycles. The number of pyridine rings is 1. The van der Waals surface area contributed by atoms with E-state index in [1.165, 1.54) is 0 Å². The second-order valence-electron chi connectivity index (χ2n) is 6.80. The van der Waals surface area contributed by atoms with Gasteiger partial charge in [0.15, 0.2) is 5.78 Å². The van der Waals surface area contributed by atoms with Crippen LogP contribution in [0.4, 0.5) is 5.69 Å². The van der Waals surface area contributed by atoms with E-state index in [2.05, 4.69) is 23.8 Å². The number of fused-ring (bicyclic) bond motifs is 1. The molecule has 6 heteroatoms. The second kappa shape index (κ2) is 6.54. The van der Waals surface area contributed by atoms with E-state index < -0.39 is 5.60 Å². The quantitative estimate of drug-likeness (QED) is 0.733. The number of benzene rings is 1. The Morgan fingerprint density at radius 2 is 2.00 bits per heavy atom. The van der Waals surface area contributed by atoms with E-state index in [0.29, 0.717) is 35.0 Å². The number of nitrogens with zero attached hydrogens (tertiary/aromatic N) is 2. The van der Waals surface area contributed by atoms with Gasteiger partial charge in [-0.2, -0.15) is 0 Å². The van der Waals surface area contributed by atoms with Crippen LogP contribution in [-0.4, -0.2) is 21.4 Å². The predicted molar refractivity (Wildman–Crippen MR) is 102 cm³/mol. The first kappa shape index (κ1) is 17.3. The highest BCUT2D eigenvalue weighted by molar-refractivity contribution is 6.01. The topological polar surface area (TPSA) is 91.2 Å². The molecule has 138 valence electrons. The smallest absolute Gasteiger partial charge is 0.226 e. The lowest BCUT2D eigenvalue weighted by Crippen LogP contribution is -2.40. The van der Waals surface area contributed by atoms with E-state index in [4.69, 9.17) is 14.9 Å². The molecule has 0 atom stereocenters. The summed E-state index contributed by atoms with van der Waals surface area (Å²) in [6, 6.07) is 7.26. The van der Waals surface area contributed by atoms with Crippen molar-refractivity contribution in [3.63, 3.8) is 0 Å². The number of aromatic nitrogens is 2. The summed E-state index contributed by atoms with van der Waals surface area (Å²) in [6.45, 7) is 4.10. The summed E-state index contributed by atoms with van der Waals surface area (Å²) in [5, 5.41) is 0. The lowest BCUT2D eigenvalue weighted by molar-refractivity contribution is 0.0350. The molecule has 27 heavy (non-hydrogen) atoms. The minimum atomic E-state index is -0.402. The first-order valence-corrected chi connectivity index (χ1v) is 9.07. The van der Waals surface area contributed by atoms with Crippen LogP contribution >= 0.6 is 0 Å². The van der Waals surface area contributed by atoms with Crippen molar-refractivity contribution in [3.05, 3.63) is 48.5 Å². The average molecular weight is 363 g/mol. The van der Waals surface area contributed by atoms with Gasteiger partial charge in [-0.25, -0.2) is 4.98 Å². The molecule has 0 bridgehead atoms. The number of nitrogens with two attached hydrogens (primary N) is 1. The molecule has 1 aromatic carbocycles. The zero-order chi connectivity index (χ0) is 19.0. The monoisotopic (exact) mass is 363 g/mol. The Balaban J connectivity index is 1.69. The van der Waals surface area contributed by atoms with Crippen LogP contribution in [0.2, 0.25) is 0 Å². The molecule has 0 spiro atoms. The zero-order valence-corrected chi connectivity index (χ0v) is 15.4. The van der Waals surface area contributed by atoms with Gasteiger partial charge in [0.2, 0.25) is 5.89 Å². The minimum Gasteiger partial charge on any atom is -0.486 e. The number of oxazole rings is 1. The summed E-state index contributed by atoms with van der Waals surface area (Å²) < 4.78 is 11.8. The molecule has 3 aromatic rings. The molecule has 6 nitrogen and oxygen atoms in total. The number of hydrogen-bond donors (Lipinski definition) is 1. The first-order valence-electron chi connectivity index (χ1n) is 9.07. The van der Waals surface area contributed by atoms with Crippen molar-refractivity contribution < 1.29 is 13.9 Å². The molecule has 0 radical (unpaired) electrons. The lowest BCUT2D eigenvalue weighted by atomic mass is 9.85. The Hall–Kier alpha value is -3.15. The van der Waals surface area contributed by atoms with Crippen molar-refractivity contribution in [1.82, 2.24) is 9.97 Å². The summed E-state index contributed by atoms with van der Waals surface area (Å²) >= 11 is 0. The normalized spacial score (nSPS) is 15.3. The van der Waals surface area contributed by atoms with E-state index in [9.17, 15) is 4.79 Å². The van der Waals surface area contributed by atoms with Gasteiger partial charge in [-0.3, -0.25) is 9.78 Å². The van der Waals surface area contributed by atoms with Gasteiger partial charge in [0.05, 0.1) is 23.9 Å². The molecule has 2 N–H and O–H groups in total. The van der Waals surface area contributed by atoms with Crippen molar-refractivity contribution in [3.8, 4) is 28.5 Å². The van der Waals surface area contributed by atoms with Crippen LogP contribution in [0.25, 0.3) is 22.7 Å². The van der Waals surface area contributed by atoms with Gasteiger partial charge in [-0.1, -0.05) is 13.8 Å². The standard InChI is InChI=1S/C21H21N3O3/c1-3-21(4-2)10-18(25)15-9-13(5-6-19(15)27-21)20-24-17(12-26-20)14-7-8-23-11-16(14)22/h5-9,11-12H,3-4,10,22H2,1-2H3. The Kier molecular flexibility index (Phi) is 4.18. The van der Waals surface area contributed by atoms with Crippen molar-refractivity contribution in [1.29, 1.82) is 0 Å². The van der Waals surface area contributed by atoms with Gasteiger partial charge in [-0.05, 0) is 37.1 Å². The van der Waals surface area contributed by atoms with Crippen LogP contribution in [0.15, 0.2) is 47.3 Å². The number of carbonyl (C=O) groups is 1. The van der Waals surface area contributed by atoms with E-state index in [0.717, 1.165) is 24.0 Å². The highest BCUT2D eigenvalue weighted by atomic mass is 16.5. The minimum absolute atomic E-state index is 0.0898. The molecule has 0 amide bonds. The summed E-state index contributed by atoms with van der Waals surface area (Å²) in [5.74, 6) is 1.15. The van der Waals surface area contributed by atoms with Gasteiger partial charge in [0.25, 0.3) is 0 Å². The summed E-state index contributed by atoms with van der Waals surface area (Å²) in [7, 11) is 0. The Bertz CT molecular complexity index is 1010. The van der Waals surface area contributed by atoms with Crippen LogP contribution in [0.1, 0.15) is 43.5 Å². The molecule has 0 unspecified atom stereocenters. The number of anilines is 1. The van der Waals surface area contributed by atoms with Crippen LogP contribution in [0.5, 0.6) is 5.75 Å². The average Bonchev–Trinajstić information content (AvgIpc) is 3.18. The fourth-order valence-electron chi connectivity index (χ4n) is 3.44. The lowest BCUT2D eigenvalue weighted by Gasteiger charge is -2.36. The maximum atomic E-state index is 12.7. The fourth-order valence-corrected chi connectivity index (χ4v) is 3.44. The number of hydrogen-bond acceptors (Lipinski definition) is 6. The summed E-state index contributed by atoms with van der Waals surface area (Å²) in [5.41, 5.74) is 8.77. The van der Waals surface area contributed by atoms with Crippen LogP contribution < -0.4 is 10.5 Å². The van der Waals surface area contributed by atoms with Crippen molar-refractivity contribution in [2.45, 2.75) is 38.7 Å². The van der Waals surface area contributed by atoms with Gasteiger partial charge in [-0.15, -0.1) is 0 Å². The van der Waals surface area contributed by atoms with Crippen molar-refractivity contribution in [2.75, 3.05) is 5.73 Å².